The number of benzene rings is 2. The van der Waals surface area contributed by atoms with Crippen LogP contribution in [0.2, 0.25) is 5.02 Å². The summed E-state index contributed by atoms with van der Waals surface area (Å²) in [6.45, 7) is 3.09. The van der Waals surface area contributed by atoms with Crippen molar-refractivity contribution in [1.29, 1.82) is 0 Å². The Kier molecular flexibility index (Phi) is 4.68. The summed E-state index contributed by atoms with van der Waals surface area (Å²) in [6.07, 6.45) is 4.29. The Morgan fingerprint density at radius 1 is 1.12 bits per heavy atom. The fourth-order valence-electron chi connectivity index (χ4n) is 3.34. The number of anilines is 1. The highest BCUT2D eigenvalue weighted by atomic mass is 35.5. The largest absolute Gasteiger partial charge is 0.379 e. The zero-order valence-electron chi connectivity index (χ0n) is 13.8. The lowest BCUT2D eigenvalue weighted by atomic mass is 10.2. The normalized spacial score (nSPS) is 17.7. The summed E-state index contributed by atoms with van der Waals surface area (Å²) in [7, 11) is 0. The molecule has 3 aromatic rings. The zero-order chi connectivity index (χ0) is 17.1. The van der Waals surface area contributed by atoms with Gasteiger partial charge in [0.2, 0.25) is 0 Å². The molecule has 6 heteroatoms. The third-order valence-electron chi connectivity index (χ3n) is 4.52. The van der Waals surface area contributed by atoms with Gasteiger partial charge in [0.15, 0.2) is 0 Å². The van der Waals surface area contributed by atoms with Gasteiger partial charge >= 0.3 is 0 Å². The molecule has 5 nitrogen and oxygen atoms in total. The summed E-state index contributed by atoms with van der Waals surface area (Å²) in [6, 6.07) is 16.9. The third-order valence-corrected chi connectivity index (χ3v) is 4.82. The first kappa shape index (κ1) is 16.1. The number of aromatic nitrogens is 3. The number of likely N-dealkylation sites (tertiary alicyclic amines) is 1. The van der Waals surface area contributed by atoms with Gasteiger partial charge in [-0.3, -0.25) is 4.90 Å². The van der Waals surface area contributed by atoms with E-state index in [0.29, 0.717) is 11.1 Å². The summed E-state index contributed by atoms with van der Waals surface area (Å²) in [5.41, 5.74) is 3.20. The van der Waals surface area contributed by atoms with Gasteiger partial charge in [0.05, 0.1) is 10.7 Å². The lowest BCUT2D eigenvalue weighted by Crippen LogP contribution is -2.26. The molecule has 1 saturated heterocycles. The standard InChI is InChI=1S/C19H20ClN5/c20-17-7-4-8-18(19(17)25-14-21-13-22-25)23-16-9-10-24(12-16)11-15-5-2-1-3-6-15/h1-8,13-14,16,23H,9-12H2. The van der Waals surface area contributed by atoms with Crippen LogP contribution in [0, 0.1) is 0 Å². The Bertz CT molecular complexity index is 819. The first-order valence-electron chi connectivity index (χ1n) is 8.46. The van der Waals surface area contributed by atoms with Crippen molar-refractivity contribution in [3.8, 4) is 5.69 Å². The van der Waals surface area contributed by atoms with E-state index in [2.05, 4.69) is 50.6 Å². The zero-order valence-corrected chi connectivity index (χ0v) is 14.6. The van der Waals surface area contributed by atoms with Crippen LogP contribution in [0.5, 0.6) is 0 Å². The molecule has 2 heterocycles. The molecule has 1 N–H and O–H groups in total. The van der Waals surface area contributed by atoms with Crippen LogP contribution in [0.4, 0.5) is 5.69 Å². The summed E-state index contributed by atoms with van der Waals surface area (Å²) in [5, 5.41) is 8.53. The van der Waals surface area contributed by atoms with E-state index < -0.39 is 0 Å². The van der Waals surface area contributed by atoms with Crippen molar-refractivity contribution < 1.29 is 0 Å². The second-order valence-electron chi connectivity index (χ2n) is 6.33. The van der Waals surface area contributed by atoms with Crippen LogP contribution in [-0.2, 0) is 6.54 Å². The van der Waals surface area contributed by atoms with E-state index in [0.717, 1.165) is 37.4 Å². The molecule has 1 aromatic heterocycles. The highest BCUT2D eigenvalue weighted by Crippen LogP contribution is 2.29. The van der Waals surface area contributed by atoms with Crippen molar-refractivity contribution in [2.24, 2.45) is 0 Å². The van der Waals surface area contributed by atoms with Gasteiger partial charge in [-0.1, -0.05) is 48.0 Å². The third kappa shape index (κ3) is 3.67. The SMILES string of the molecule is Clc1cccc(NC2CCN(Cc3ccccc3)C2)c1-n1cncn1. The first-order valence-corrected chi connectivity index (χ1v) is 8.84. The molecule has 1 unspecified atom stereocenters. The van der Waals surface area contributed by atoms with Crippen LogP contribution >= 0.6 is 11.6 Å². The van der Waals surface area contributed by atoms with Crippen LogP contribution in [0.1, 0.15) is 12.0 Å². The van der Waals surface area contributed by atoms with Gasteiger partial charge in [-0.05, 0) is 24.1 Å². The lowest BCUT2D eigenvalue weighted by molar-refractivity contribution is 0.328. The van der Waals surface area contributed by atoms with Gasteiger partial charge in [-0.2, -0.15) is 5.10 Å². The van der Waals surface area contributed by atoms with Crippen LogP contribution in [0.3, 0.4) is 0 Å². The van der Waals surface area contributed by atoms with E-state index in [-0.39, 0.29) is 0 Å². The van der Waals surface area contributed by atoms with Gasteiger partial charge in [-0.15, -0.1) is 0 Å². The van der Waals surface area contributed by atoms with Crippen molar-refractivity contribution in [1.82, 2.24) is 19.7 Å². The highest BCUT2D eigenvalue weighted by molar-refractivity contribution is 6.33. The molecule has 0 radical (unpaired) electrons. The van der Waals surface area contributed by atoms with E-state index in [1.54, 1.807) is 11.0 Å². The molecule has 0 amide bonds. The summed E-state index contributed by atoms with van der Waals surface area (Å²) < 4.78 is 1.71. The van der Waals surface area contributed by atoms with Crippen molar-refractivity contribution in [3.63, 3.8) is 0 Å². The fraction of sp³-hybridized carbons (Fsp3) is 0.263. The van der Waals surface area contributed by atoms with E-state index in [9.17, 15) is 0 Å². The molecule has 1 aliphatic heterocycles. The number of nitrogens with one attached hydrogen (secondary N) is 1. The molecule has 128 valence electrons. The maximum atomic E-state index is 6.40. The quantitative estimate of drug-likeness (QED) is 0.761. The van der Waals surface area contributed by atoms with Crippen LogP contribution < -0.4 is 5.32 Å². The van der Waals surface area contributed by atoms with E-state index in [1.165, 1.54) is 11.9 Å². The molecule has 0 aliphatic carbocycles. The summed E-state index contributed by atoms with van der Waals surface area (Å²) >= 11 is 6.40. The van der Waals surface area contributed by atoms with Gasteiger partial charge in [0.25, 0.3) is 0 Å². The first-order chi connectivity index (χ1) is 12.3. The number of halogens is 1. The molecule has 0 spiro atoms. The van der Waals surface area contributed by atoms with Crippen LogP contribution in [0.25, 0.3) is 5.69 Å². The topological polar surface area (TPSA) is 46.0 Å². The Labute approximate surface area is 152 Å². The van der Waals surface area contributed by atoms with Gasteiger partial charge in [0, 0.05) is 25.7 Å². The highest BCUT2D eigenvalue weighted by Gasteiger charge is 2.23. The maximum absolute atomic E-state index is 6.40. The minimum atomic E-state index is 0.393. The number of hydrogen-bond donors (Lipinski definition) is 1. The van der Waals surface area contributed by atoms with Gasteiger partial charge in [0.1, 0.15) is 18.3 Å². The Balaban J connectivity index is 1.46. The Hall–Kier alpha value is -2.37. The predicted molar refractivity (Wildman–Crippen MR) is 100 cm³/mol. The molecule has 1 atom stereocenters. The molecule has 2 aromatic carbocycles. The second-order valence-corrected chi connectivity index (χ2v) is 6.73. The smallest absolute Gasteiger partial charge is 0.138 e. The predicted octanol–water partition coefficient (Wildman–Crippen LogP) is 3.61. The Morgan fingerprint density at radius 3 is 2.80 bits per heavy atom. The summed E-state index contributed by atoms with van der Waals surface area (Å²) in [4.78, 5) is 6.51. The van der Waals surface area contributed by atoms with E-state index in [4.69, 9.17) is 11.6 Å². The molecule has 0 saturated carbocycles. The lowest BCUT2D eigenvalue weighted by Gasteiger charge is -2.19. The maximum Gasteiger partial charge on any atom is 0.138 e. The van der Waals surface area contributed by atoms with Crippen molar-refractivity contribution in [2.75, 3.05) is 18.4 Å². The minimum absolute atomic E-state index is 0.393. The number of para-hydroxylation sites is 1. The van der Waals surface area contributed by atoms with Crippen LogP contribution in [-0.4, -0.2) is 38.8 Å². The van der Waals surface area contributed by atoms with Gasteiger partial charge in [-0.25, -0.2) is 9.67 Å². The number of nitrogens with zero attached hydrogens (tertiary/aromatic N) is 4. The van der Waals surface area contributed by atoms with E-state index >= 15 is 0 Å². The molecule has 1 aliphatic rings. The average molecular weight is 354 g/mol. The fourth-order valence-corrected chi connectivity index (χ4v) is 3.61. The van der Waals surface area contributed by atoms with Crippen molar-refractivity contribution in [2.45, 2.75) is 19.0 Å². The molecular weight excluding hydrogens is 334 g/mol. The molecule has 25 heavy (non-hydrogen) atoms. The number of hydrogen-bond acceptors (Lipinski definition) is 4. The number of rotatable bonds is 5. The van der Waals surface area contributed by atoms with E-state index in [1.807, 2.05) is 18.2 Å². The van der Waals surface area contributed by atoms with Gasteiger partial charge < -0.3 is 5.32 Å². The van der Waals surface area contributed by atoms with Crippen LogP contribution in [0.15, 0.2) is 61.2 Å². The minimum Gasteiger partial charge on any atom is -0.379 e. The monoisotopic (exact) mass is 353 g/mol. The second kappa shape index (κ2) is 7.25. The van der Waals surface area contributed by atoms with Crippen molar-refractivity contribution >= 4 is 17.3 Å². The Morgan fingerprint density at radius 2 is 2.00 bits per heavy atom. The average Bonchev–Trinajstić information content (AvgIpc) is 3.28. The summed E-state index contributed by atoms with van der Waals surface area (Å²) in [5.74, 6) is 0. The molecule has 4 rings (SSSR count). The molecular formula is C19H20ClN5. The van der Waals surface area contributed by atoms with Crippen molar-refractivity contribution in [3.05, 3.63) is 71.8 Å². The molecule has 1 fully saturated rings. The molecule has 0 bridgehead atoms.